The van der Waals surface area contributed by atoms with Gasteiger partial charge in [-0.05, 0) is 42.0 Å². The number of aromatic nitrogens is 4. The number of hydrogen-bond acceptors (Lipinski definition) is 6. The van der Waals surface area contributed by atoms with Crippen molar-refractivity contribution >= 4 is 34.7 Å². The Balaban J connectivity index is 1.71. The maximum absolute atomic E-state index is 13.9. The van der Waals surface area contributed by atoms with E-state index in [4.69, 9.17) is 0 Å². The Bertz CT molecular complexity index is 1340. The molecule has 166 valence electrons. The van der Waals surface area contributed by atoms with E-state index >= 15 is 0 Å². The fraction of sp³-hybridized carbons (Fsp3) is 0.0435. The fourth-order valence-corrected chi connectivity index (χ4v) is 3.03. The van der Waals surface area contributed by atoms with Crippen molar-refractivity contribution < 1.29 is 13.6 Å². The summed E-state index contributed by atoms with van der Waals surface area (Å²) in [4.78, 5) is 20.4. The maximum Gasteiger partial charge on any atom is 0.247 e. The monoisotopic (exact) mass is 447 g/mol. The van der Waals surface area contributed by atoms with E-state index < -0.39 is 11.6 Å². The largest absolute Gasteiger partial charge is 0.339 e. The van der Waals surface area contributed by atoms with Crippen LogP contribution in [0.2, 0.25) is 0 Å². The normalized spacial score (nSPS) is 10.5. The average Bonchev–Trinajstić information content (AvgIpc) is 3.20. The van der Waals surface area contributed by atoms with Gasteiger partial charge in [0.05, 0.1) is 11.9 Å². The molecule has 0 aliphatic rings. The van der Waals surface area contributed by atoms with Gasteiger partial charge in [-0.15, -0.1) is 0 Å². The van der Waals surface area contributed by atoms with Gasteiger partial charge in [-0.1, -0.05) is 18.7 Å². The van der Waals surface area contributed by atoms with Crippen LogP contribution in [0.15, 0.2) is 73.7 Å². The van der Waals surface area contributed by atoms with E-state index in [1.807, 2.05) is 0 Å². The highest BCUT2D eigenvalue weighted by Crippen LogP contribution is 2.31. The molecule has 0 aliphatic heterocycles. The molecule has 8 nitrogen and oxygen atoms in total. The Morgan fingerprint density at radius 2 is 1.85 bits per heavy atom. The number of halogens is 2. The van der Waals surface area contributed by atoms with Crippen molar-refractivity contribution in [3.05, 3.63) is 85.3 Å². The molecule has 0 unspecified atom stereocenters. The highest BCUT2D eigenvalue weighted by Gasteiger charge is 2.13. The van der Waals surface area contributed by atoms with E-state index in [2.05, 4.69) is 37.6 Å². The van der Waals surface area contributed by atoms with E-state index in [0.717, 1.165) is 12.1 Å². The lowest BCUT2D eigenvalue weighted by Crippen LogP contribution is -2.07. The third-order valence-electron chi connectivity index (χ3n) is 4.56. The fourth-order valence-electron chi connectivity index (χ4n) is 3.03. The second kappa shape index (κ2) is 9.27. The minimum Gasteiger partial charge on any atom is -0.339 e. The molecule has 4 rings (SSSR count). The summed E-state index contributed by atoms with van der Waals surface area (Å²) < 4.78 is 29.0. The Hall–Kier alpha value is -4.60. The molecule has 0 atom stereocenters. The van der Waals surface area contributed by atoms with E-state index in [0.29, 0.717) is 34.0 Å². The van der Waals surface area contributed by atoms with Crippen molar-refractivity contribution in [3.8, 4) is 11.1 Å². The molecule has 2 heterocycles. The van der Waals surface area contributed by atoms with Gasteiger partial charge in [0.25, 0.3) is 0 Å². The van der Waals surface area contributed by atoms with Crippen LogP contribution < -0.4 is 16.0 Å². The lowest BCUT2D eigenvalue weighted by molar-refractivity contribution is -0.111. The number of nitrogens with zero attached hydrogens (tertiary/aromatic N) is 4. The molecule has 0 bridgehead atoms. The Morgan fingerprint density at radius 1 is 1.03 bits per heavy atom. The summed E-state index contributed by atoms with van der Waals surface area (Å²) in [6.07, 6.45) is 6.04. The van der Waals surface area contributed by atoms with Gasteiger partial charge in [-0.2, -0.15) is 10.1 Å². The van der Waals surface area contributed by atoms with Crippen molar-refractivity contribution in [2.24, 2.45) is 7.05 Å². The smallest absolute Gasteiger partial charge is 0.247 e. The molecule has 2 aromatic heterocycles. The first-order chi connectivity index (χ1) is 15.9. The Labute approximate surface area is 188 Å². The molecule has 3 N–H and O–H groups in total. The van der Waals surface area contributed by atoms with E-state index in [9.17, 15) is 13.6 Å². The molecule has 0 aliphatic carbocycles. The number of nitrogens with one attached hydrogen (secondary N) is 3. The molecule has 0 fully saturated rings. The third-order valence-corrected chi connectivity index (χ3v) is 4.56. The summed E-state index contributed by atoms with van der Waals surface area (Å²) >= 11 is 0. The minimum absolute atomic E-state index is 0.271. The number of rotatable bonds is 7. The Morgan fingerprint density at radius 3 is 2.58 bits per heavy atom. The van der Waals surface area contributed by atoms with Gasteiger partial charge in [0.15, 0.2) is 11.6 Å². The zero-order chi connectivity index (χ0) is 23.4. The van der Waals surface area contributed by atoms with Crippen molar-refractivity contribution in [2.45, 2.75) is 0 Å². The zero-order valence-corrected chi connectivity index (χ0v) is 17.5. The van der Waals surface area contributed by atoms with Crippen LogP contribution in [0.3, 0.4) is 0 Å². The van der Waals surface area contributed by atoms with Gasteiger partial charge in [0.1, 0.15) is 5.82 Å². The highest BCUT2D eigenvalue weighted by molar-refractivity contribution is 5.99. The van der Waals surface area contributed by atoms with Crippen molar-refractivity contribution in [1.29, 1.82) is 0 Å². The topological polar surface area (TPSA) is 96.8 Å². The molecule has 0 spiro atoms. The SMILES string of the molecule is C=CC(=O)Nc1cccc(Nc2nc(Nc3cnn(C)c3)ncc2-c2ccc(F)c(F)c2)c1. The molecule has 2 aromatic carbocycles. The van der Waals surface area contributed by atoms with Crippen LogP contribution in [-0.2, 0) is 11.8 Å². The summed E-state index contributed by atoms with van der Waals surface area (Å²) in [5.41, 5.74) is 2.67. The van der Waals surface area contributed by atoms with E-state index in [1.165, 1.54) is 18.3 Å². The van der Waals surface area contributed by atoms with Crippen molar-refractivity contribution in [2.75, 3.05) is 16.0 Å². The number of carbonyl (C=O) groups excluding carboxylic acids is 1. The van der Waals surface area contributed by atoms with Gasteiger partial charge in [0.2, 0.25) is 11.9 Å². The number of amides is 1. The first kappa shape index (κ1) is 21.6. The van der Waals surface area contributed by atoms with Crippen LogP contribution >= 0.6 is 0 Å². The summed E-state index contributed by atoms with van der Waals surface area (Å²) in [5, 5.41) is 13.0. The van der Waals surface area contributed by atoms with Crippen molar-refractivity contribution in [3.63, 3.8) is 0 Å². The van der Waals surface area contributed by atoms with Gasteiger partial charge in [0, 0.05) is 36.4 Å². The summed E-state index contributed by atoms with van der Waals surface area (Å²) in [6.45, 7) is 3.44. The molecule has 33 heavy (non-hydrogen) atoms. The van der Waals surface area contributed by atoms with Crippen LogP contribution in [0.5, 0.6) is 0 Å². The van der Waals surface area contributed by atoms with Crippen LogP contribution in [0.4, 0.5) is 37.6 Å². The number of benzene rings is 2. The van der Waals surface area contributed by atoms with Gasteiger partial charge in [-0.25, -0.2) is 13.8 Å². The average molecular weight is 447 g/mol. The molecule has 4 aromatic rings. The first-order valence-corrected chi connectivity index (χ1v) is 9.80. The second-order valence-electron chi connectivity index (χ2n) is 7.01. The lowest BCUT2D eigenvalue weighted by atomic mass is 10.1. The van der Waals surface area contributed by atoms with Gasteiger partial charge >= 0.3 is 0 Å². The standard InChI is InChI=1S/C23H19F2N7O/c1-3-21(33)28-15-5-4-6-16(10-15)29-22-18(14-7-8-19(24)20(25)9-14)12-26-23(31-22)30-17-11-27-32(2)13-17/h3-13H,1H2,2H3,(H,28,33)(H2,26,29,30,31). The summed E-state index contributed by atoms with van der Waals surface area (Å²) in [6, 6.07) is 10.5. The predicted molar refractivity (Wildman–Crippen MR) is 122 cm³/mol. The molecular formula is C23H19F2N7O. The van der Waals surface area contributed by atoms with Gasteiger partial charge < -0.3 is 16.0 Å². The van der Waals surface area contributed by atoms with Crippen molar-refractivity contribution in [1.82, 2.24) is 19.7 Å². The molecule has 0 radical (unpaired) electrons. The highest BCUT2D eigenvalue weighted by atomic mass is 19.2. The molecule has 10 heteroatoms. The summed E-state index contributed by atoms with van der Waals surface area (Å²) in [5.74, 6) is -1.66. The number of hydrogen-bond donors (Lipinski definition) is 3. The Kier molecular flexibility index (Phi) is 6.07. The van der Waals surface area contributed by atoms with Crippen LogP contribution in [0.25, 0.3) is 11.1 Å². The molecular weight excluding hydrogens is 428 g/mol. The number of carbonyl (C=O) groups is 1. The van der Waals surface area contributed by atoms with Gasteiger partial charge in [-0.3, -0.25) is 9.48 Å². The number of anilines is 5. The first-order valence-electron chi connectivity index (χ1n) is 9.80. The zero-order valence-electron chi connectivity index (χ0n) is 17.5. The minimum atomic E-state index is -0.981. The van der Waals surface area contributed by atoms with Crippen LogP contribution in [0.1, 0.15) is 0 Å². The lowest BCUT2D eigenvalue weighted by Gasteiger charge is -2.14. The van der Waals surface area contributed by atoms with E-state index in [-0.39, 0.29) is 11.9 Å². The third kappa shape index (κ3) is 5.18. The van der Waals surface area contributed by atoms with Crippen LogP contribution in [-0.4, -0.2) is 25.7 Å². The second-order valence-corrected chi connectivity index (χ2v) is 7.01. The summed E-state index contributed by atoms with van der Waals surface area (Å²) in [7, 11) is 1.78. The molecule has 1 amide bonds. The van der Waals surface area contributed by atoms with E-state index in [1.54, 1.807) is 48.4 Å². The molecule has 0 saturated heterocycles. The number of aryl methyl sites for hydroxylation is 1. The molecule has 0 saturated carbocycles. The quantitative estimate of drug-likeness (QED) is 0.353. The van der Waals surface area contributed by atoms with Crippen LogP contribution in [0, 0.1) is 11.6 Å². The maximum atomic E-state index is 13.9. The predicted octanol–water partition coefficient (Wildman–Crippen LogP) is 4.77.